The predicted molar refractivity (Wildman–Crippen MR) is 79.2 cm³/mol. The van der Waals surface area contributed by atoms with Crippen molar-refractivity contribution in [2.75, 3.05) is 0 Å². The van der Waals surface area contributed by atoms with E-state index in [0.717, 1.165) is 11.1 Å². The molecule has 0 fully saturated rings. The first kappa shape index (κ1) is 13.7. The van der Waals surface area contributed by atoms with Crippen LogP contribution >= 0.6 is 23.2 Å². The molecule has 0 spiro atoms. The van der Waals surface area contributed by atoms with E-state index in [9.17, 15) is 4.79 Å². The topological polar surface area (TPSA) is 43.1 Å². The van der Waals surface area contributed by atoms with Gasteiger partial charge < -0.3 is 5.73 Å². The number of benzene rings is 2. The number of carbonyl (C=O) groups is 1. The number of hydrogen-bond donors (Lipinski definition) is 1. The van der Waals surface area contributed by atoms with Gasteiger partial charge >= 0.3 is 0 Å². The molecule has 0 unspecified atom stereocenters. The van der Waals surface area contributed by atoms with Gasteiger partial charge in [-0.25, -0.2) is 0 Å². The Hall–Kier alpha value is -1.77. The van der Waals surface area contributed by atoms with Crippen LogP contribution in [-0.2, 0) is 4.79 Å². The largest absolute Gasteiger partial charge is 0.366 e. The second-order valence-corrected chi connectivity index (χ2v) is 4.77. The molecule has 0 heterocycles. The lowest BCUT2D eigenvalue weighted by atomic mass is 9.97. The second kappa shape index (κ2) is 5.91. The van der Waals surface area contributed by atoms with E-state index in [1.165, 1.54) is 6.08 Å². The third-order valence-corrected chi connectivity index (χ3v) is 3.34. The third kappa shape index (κ3) is 3.37. The first-order valence-electron chi connectivity index (χ1n) is 5.60. The monoisotopic (exact) mass is 291 g/mol. The van der Waals surface area contributed by atoms with Crippen molar-refractivity contribution in [3.8, 4) is 0 Å². The lowest BCUT2D eigenvalue weighted by Crippen LogP contribution is -2.07. The summed E-state index contributed by atoms with van der Waals surface area (Å²) in [7, 11) is 0. The summed E-state index contributed by atoms with van der Waals surface area (Å²) >= 11 is 11.9. The van der Waals surface area contributed by atoms with E-state index in [2.05, 4.69) is 0 Å². The zero-order valence-electron chi connectivity index (χ0n) is 9.94. The van der Waals surface area contributed by atoms with Crippen molar-refractivity contribution in [2.45, 2.75) is 0 Å². The summed E-state index contributed by atoms with van der Waals surface area (Å²) in [6, 6.07) is 14.7. The molecule has 2 aromatic carbocycles. The highest BCUT2D eigenvalue weighted by Crippen LogP contribution is 2.29. The molecule has 0 atom stereocenters. The molecule has 0 aliphatic carbocycles. The van der Waals surface area contributed by atoms with Crippen LogP contribution in [0.25, 0.3) is 5.57 Å². The number of halogens is 2. The summed E-state index contributed by atoms with van der Waals surface area (Å²) in [5.41, 5.74) is 7.66. The van der Waals surface area contributed by atoms with Gasteiger partial charge in [-0.3, -0.25) is 4.79 Å². The minimum Gasteiger partial charge on any atom is -0.366 e. The fourth-order valence-electron chi connectivity index (χ4n) is 1.76. The van der Waals surface area contributed by atoms with Crippen molar-refractivity contribution >= 4 is 34.7 Å². The maximum atomic E-state index is 11.2. The predicted octanol–water partition coefficient (Wildman–Crippen LogP) is 3.91. The molecule has 0 bridgehead atoms. The maximum Gasteiger partial charge on any atom is 0.242 e. The van der Waals surface area contributed by atoms with Gasteiger partial charge in [-0.2, -0.15) is 0 Å². The molecule has 96 valence electrons. The average molecular weight is 292 g/mol. The van der Waals surface area contributed by atoms with Crippen molar-refractivity contribution in [2.24, 2.45) is 5.73 Å². The zero-order valence-corrected chi connectivity index (χ0v) is 11.4. The van der Waals surface area contributed by atoms with Gasteiger partial charge in [0.2, 0.25) is 5.91 Å². The van der Waals surface area contributed by atoms with Gasteiger partial charge in [-0.05, 0) is 28.8 Å². The molecular weight excluding hydrogens is 281 g/mol. The fourth-order valence-corrected chi connectivity index (χ4v) is 2.06. The molecule has 0 radical (unpaired) electrons. The Morgan fingerprint density at radius 2 is 1.63 bits per heavy atom. The van der Waals surface area contributed by atoms with E-state index in [-0.39, 0.29) is 0 Å². The smallest absolute Gasteiger partial charge is 0.242 e. The Labute approximate surface area is 121 Å². The van der Waals surface area contributed by atoms with Gasteiger partial charge in [0.05, 0.1) is 10.0 Å². The lowest BCUT2D eigenvalue weighted by Gasteiger charge is -2.09. The van der Waals surface area contributed by atoms with Crippen LogP contribution in [0.3, 0.4) is 0 Å². The van der Waals surface area contributed by atoms with Gasteiger partial charge in [0.25, 0.3) is 0 Å². The first-order valence-corrected chi connectivity index (χ1v) is 6.35. The first-order chi connectivity index (χ1) is 9.08. The van der Waals surface area contributed by atoms with E-state index in [0.29, 0.717) is 15.6 Å². The molecule has 2 nitrogen and oxygen atoms in total. The van der Waals surface area contributed by atoms with Gasteiger partial charge in [-0.1, -0.05) is 59.6 Å². The van der Waals surface area contributed by atoms with Gasteiger partial charge in [0, 0.05) is 6.08 Å². The van der Waals surface area contributed by atoms with Crippen molar-refractivity contribution in [3.05, 3.63) is 75.8 Å². The average Bonchev–Trinajstić information content (AvgIpc) is 2.40. The van der Waals surface area contributed by atoms with E-state index < -0.39 is 5.91 Å². The highest BCUT2D eigenvalue weighted by Gasteiger charge is 2.08. The molecular formula is C15H11Cl2NO. The van der Waals surface area contributed by atoms with Crippen LogP contribution in [0.5, 0.6) is 0 Å². The van der Waals surface area contributed by atoms with Crippen molar-refractivity contribution < 1.29 is 4.79 Å². The fraction of sp³-hybridized carbons (Fsp3) is 0. The van der Waals surface area contributed by atoms with Crippen LogP contribution in [0.1, 0.15) is 11.1 Å². The van der Waals surface area contributed by atoms with Gasteiger partial charge in [-0.15, -0.1) is 0 Å². The van der Waals surface area contributed by atoms with Crippen molar-refractivity contribution in [1.82, 2.24) is 0 Å². The van der Waals surface area contributed by atoms with E-state index >= 15 is 0 Å². The second-order valence-electron chi connectivity index (χ2n) is 3.96. The summed E-state index contributed by atoms with van der Waals surface area (Å²) in [4.78, 5) is 11.2. The van der Waals surface area contributed by atoms with E-state index in [4.69, 9.17) is 28.9 Å². The number of amides is 1. The molecule has 1 amide bonds. The maximum absolute atomic E-state index is 11.2. The van der Waals surface area contributed by atoms with Crippen LogP contribution in [-0.4, -0.2) is 5.91 Å². The van der Waals surface area contributed by atoms with Crippen molar-refractivity contribution in [3.63, 3.8) is 0 Å². The summed E-state index contributed by atoms with van der Waals surface area (Å²) in [5.74, 6) is -0.509. The van der Waals surface area contributed by atoms with E-state index in [1.54, 1.807) is 18.2 Å². The molecule has 2 aromatic rings. The summed E-state index contributed by atoms with van der Waals surface area (Å²) in [6.07, 6.45) is 1.38. The molecule has 2 N–H and O–H groups in total. The number of rotatable bonds is 3. The quantitative estimate of drug-likeness (QED) is 0.856. The minimum atomic E-state index is -0.509. The summed E-state index contributed by atoms with van der Waals surface area (Å²) in [5, 5.41) is 0.905. The van der Waals surface area contributed by atoms with Gasteiger partial charge in [0.15, 0.2) is 0 Å². The Morgan fingerprint density at radius 3 is 2.21 bits per heavy atom. The van der Waals surface area contributed by atoms with Crippen molar-refractivity contribution in [1.29, 1.82) is 0 Å². The Balaban J connectivity index is 2.56. The Kier molecular flexibility index (Phi) is 4.25. The highest BCUT2D eigenvalue weighted by molar-refractivity contribution is 6.42. The zero-order chi connectivity index (χ0) is 13.8. The molecule has 2 rings (SSSR count). The number of primary amides is 1. The van der Waals surface area contributed by atoms with Gasteiger partial charge in [0.1, 0.15) is 0 Å². The highest BCUT2D eigenvalue weighted by atomic mass is 35.5. The third-order valence-electron chi connectivity index (χ3n) is 2.60. The van der Waals surface area contributed by atoms with Crippen LogP contribution in [0, 0.1) is 0 Å². The number of hydrogen-bond acceptors (Lipinski definition) is 1. The Bertz CT molecular complexity index is 636. The van der Waals surface area contributed by atoms with Crippen LogP contribution in [0.15, 0.2) is 54.6 Å². The molecule has 0 aliphatic rings. The SMILES string of the molecule is NC(=O)C=C(c1ccccc1)c1ccc(Cl)c(Cl)c1. The molecule has 0 aliphatic heterocycles. The minimum absolute atomic E-state index is 0.436. The van der Waals surface area contributed by atoms with Crippen LogP contribution in [0.2, 0.25) is 10.0 Å². The van der Waals surface area contributed by atoms with E-state index in [1.807, 2.05) is 30.3 Å². The normalized spacial score (nSPS) is 11.4. The molecule has 0 aromatic heterocycles. The number of nitrogens with two attached hydrogens (primary N) is 1. The lowest BCUT2D eigenvalue weighted by molar-refractivity contribution is -0.113. The standard InChI is InChI=1S/C15H11Cl2NO/c16-13-7-6-11(8-14(13)17)12(9-15(18)19)10-4-2-1-3-5-10/h1-9H,(H2,18,19). The number of carbonyl (C=O) groups excluding carboxylic acids is 1. The Morgan fingerprint density at radius 1 is 0.947 bits per heavy atom. The summed E-state index contributed by atoms with van der Waals surface area (Å²) < 4.78 is 0. The molecule has 0 saturated carbocycles. The molecule has 4 heteroatoms. The molecule has 19 heavy (non-hydrogen) atoms. The van der Waals surface area contributed by atoms with Crippen LogP contribution < -0.4 is 5.73 Å². The van der Waals surface area contributed by atoms with Crippen LogP contribution in [0.4, 0.5) is 0 Å². The molecule has 0 saturated heterocycles. The summed E-state index contributed by atoms with van der Waals surface area (Å²) in [6.45, 7) is 0.